The molecule has 96 valence electrons. The molecule has 0 heterocycles. The van der Waals surface area contributed by atoms with Gasteiger partial charge in [0.05, 0.1) is 6.61 Å². The lowest BCUT2D eigenvalue weighted by Gasteiger charge is -2.13. The van der Waals surface area contributed by atoms with E-state index in [-0.39, 0.29) is 0 Å². The van der Waals surface area contributed by atoms with E-state index in [9.17, 15) is 0 Å². The van der Waals surface area contributed by atoms with Crippen molar-refractivity contribution in [3.63, 3.8) is 0 Å². The summed E-state index contributed by atoms with van der Waals surface area (Å²) in [6, 6.07) is 10.1. The molecule has 1 rings (SSSR count). The van der Waals surface area contributed by atoms with E-state index in [2.05, 4.69) is 13.8 Å². The lowest BCUT2D eigenvalue weighted by atomic mass is 10.0. The molecule has 0 saturated heterocycles. The first-order valence-corrected chi connectivity index (χ1v) is 6.65. The van der Waals surface area contributed by atoms with Gasteiger partial charge in [0.25, 0.3) is 0 Å². The largest absolute Gasteiger partial charge is 0.236 e. The topological polar surface area (TPSA) is 18.5 Å². The summed E-state index contributed by atoms with van der Waals surface area (Å²) in [4.78, 5) is 10.5. The van der Waals surface area contributed by atoms with Crippen LogP contribution in [0.25, 0.3) is 0 Å². The Kier molecular flexibility index (Phi) is 7.69. The van der Waals surface area contributed by atoms with Gasteiger partial charge in [0, 0.05) is 0 Å². The minimum absolute atomic E-state index is 0.533. The van der Waals surface area contributed by atoms with Crippen LogP contribution in [0, 0.1) is 5.92 Å². The summed E-state index contributed by atoms with van der Waals surface area (Å²) < 4.78 is 0. The second kappa shape index (κ2) is 9.20. The quantitative estimate of drug-likeness (QED) is 0.360. The molecule has 0 amide bonds. The Morgan fingerprint density at radius 1 is 1.06 bits per heavy atom. The molecule has 0 bridgehead atoms. The number of benzene rings is 1. The van der Waals surface area contributed by atoms with Gasteiger partial charge in [-0.15, -0.1) is 0 Å². The Labute approximate surface area is 105 Å². The van der Waals surface area contributed by atoms with Crippen molar-refractivity contribution in [2.75, 3.05) is 6.61 Å². The van der Waals surface area contributed by atoms with Crippen molar-refractivity contribution >= 4 is 0 Å². The molecule has 17 heavy (non-hydrogen) atoms. The lowest BCUT2D eigenvalue weighted by Crippen LogP contribution is -2.09. The minimum atomic E-state index is 0.533. The second-order valence-electron chi connectivity index (χ2n) is 4.45. The van der Waals surface area contributed by atoms with Gasteiger partial charge in [0.2, 0.25) is 0 Å². The standard InChI is InChI=1S/C15H24O2/c1-3-5-9-14(4-2)12-16-17-13-15-10-7-6-8-11-15/h6-8,10-11,14H,3-5,9,12-13H2,1-2H3. The third kappa shape index (κ3) is 6.44. The van der Waals surface area contributed by atoms with Gasteiger partial charge >= 0.3 is 0 Å². The fraction of sp³-hybridized carbons (Fsp3) is 0.600. The fourth-order valence-electron chi connectivity index (χ4n) is 1.73. The molecule has 0 fully saturated rings. The Hall–Kier alpha value is -0.860. The van der Waals surface area contributed by atoms with Crippen molar-refractivity contribution in [1.29, 1.82) is 0 Å². The summed E-state index contributed by atoms with van der Waals surface area (Å²) in [5, 5.41) is 0. The molecular weight excluding hydrogens is 212 g/mol. The van der Waals surface area contributed by atoms with Crippen LogP contribution in [0.1, 0.15) is 45.1 Å². The molecule has 1 aromatic carbocycles. The molecule has 1 unspecified atom stereocenters. The van der Waals surface area contributed by atoms with Crippen LogP contribution in [0.4, 0.5) is 0 Å². The van der Waals surface area contributed by atoms with Gasteiger partial charge < -0.3 is 0 Å². The van der Waals surface area contributed by atoms with Gasteiger partial charge in [-0.05, 0) is 17.9 Å². The summed E-state index contributed by atoms with van der Waals surface area (Å²) in [5.74, 6) is 0.630. The summed E-state index contributed by atoms with van der Waals surface area (Å²) in [7, 11) is 0. The highest BCUT2D eigenvalue weighted by Gasteiger charge is 2.06. The van der Waals surface area contributed by atoms with Crippen molar-refractivity contribution in [3.8, 4) is 0 Å². The average molecular weight is 236 g/mol. The zero-order valence-corrected chi connectivity index (χ0v) is 11.0. The van der Waals surface area contributed by atoms with E-state index in [0.29, 0.717) is 19.1 Å². The average Bonchev–Trinajstić information content (AvgIpc) is 2.39. The maximum Gasteiger partial charge on any atom is 0.107 e. The van der Waals surface area contributed by atoms with Gasteiger partial charge in [-0.3, -0.25) is 0 Å². The van der Waals surface area contributed by atoms with E-state index >= 15 is 0 Å². The fourth-order valence-corrected chi connectivity index (χ4v) is 1.73. The molecule has 1 aromatic rings. The third-order valence-corrected chi connectivity index (χ3v) is 3.00. The molecule has 0 N–H and O–H groups in total. The molecule has 0 aliphatic carbocycles. The van der Waals surface area contributed by atoms with Crippen molar-refractivity contribution in [2.24, 2.45) is 5.92 Å². The van der Waals surface area contributed by atoms with Crippen LogP contribution < -0.4 is 0 Å². The van der Waals surface area contributed by atoms with E-state index in [1.807, 2.05) is 30.3 Å². The highest BCUT2D eigenvalue weighted by Crippen LogP contribution is 2.13. The Bertz CT molecular complexity index is 272. The first-order valence-electron chi connectivity index (χ1n) is 6.65. The highest BCUT2D eigenvalue weighted by molar-refractivity contribution is 5.13. The molecule has 0 saturated carbocycles. The predicted octanol–water partition coefficient (Wildman–Crippen LogP) is 4.35. The van der Waals surface area contributed by atoms with E-state index in [0.717, 1.165) is 12.0 Å². The highest BCUT2D eigenvalue weighted by atomic mass is 17.2. The SMILES string of the molecule is CCCCC(CC)COOCc1ccccc1. The normalized spacial score (nSPS) is 12.6. The smallest absolute Gasteiger partial charge is 0.107 e. The number of unbranched alkanes of at least 4 members (excludes halogenated alkanes) is 1. The first-order chi connectivity index (χ1) is 8.36. The van der Waals surface area contributed by atoms with Gasteiger partial charge in [0.1, 0.15) is 6.61 Å². The Balaban J connectivity index is 2.10. The van der Waals surface area contributed by atoms with Crippen molar-refractivity contribution < 1.29 is 9.78 Å². The summed E-state index contributed by atoms with van der Waals surface area (Å²) in [5.41, 5.74) is 1.15. The number of hydrogen-bond acceptors (Lipinski definition) is 2. The van der Waals surface area contributed by atoms with Crippen molar-refractivity contribution in [3.05, 3.63) is 35.9 Å². The summed E-state index contributed by atoms with van der Waals surface area (Å²) >= 11 is 0. The maximum absolute atomic E-state index is 5.29. The minimum Gasteiger partial charge on any atom is -0.236 e. The van der Waals surface area contributed by atoms with Crippen LogP contribution in [0.15, 0.2) is 30.3 Å². The molecule has 2 nitrogen and oxygen atoms in total. The van der Waals surface area contributed by atoms with E-state index in [1.165, 1.54) is 19.3 Å². The first kappa shape index (κ1) is 14.2. The molecule has 0 aliphatic heterocycles. The van der Waals surface area contributed by atoms with E-state index < -0.39 is 0 Å². The van der Waals surface area contributed by atoms with Crippen molar-refractivity contribution in [2.45, 2.75) is 46.1 Å². The van der Waals surface area contributed by atoms with Gasteiger partial charge in [-0.2, -0.15) is 0 Å². The van der Waals surface area contributed by atoms with Crippen molar-refractivity contribution in [1.82, 2.24) is 0 Å². The monoisotopic (exact) mass is 236 g/mol. The Morgan fingerprint density at radius 2 is 1.82 bits per heavy atom. The van der Waals surface area contributed by atoms with E-state index in [4.69, 9.17) is 9.78 Å². The maximum atomic E-state index is 5.29. The van der Waals surface area contributed by atoms with Crippen LogP contribution >= 0.6 is 0 Å². The zero-order valence-electron chi connectivity index (χ0n) is 11.0. The second-order valence-corrected chi connectivity index (χ2v) is 4.45. The van der Waals surface area contributed by atoms with Crippen LogP contribution in [0.3, 0.4) is 0 Å². The lowest BCUT2D eigenvalue weighted by molar-refractivity contribution is -0.310. The molecule has 0 spiro atoms. The van der Waals surface area contributed by atoms with Crippen LogP contribution in [-0.4, -0.2) is 6.61 Å². The molecule has 1 atom stereocenters. The van der Waals surface area contributed by atoms with Gasteiger partial charge in [0.15, 0.2) is 0 Å². The van der Waals surface area contributed by atoms with Gasteiger partial charge in [-0.1, -0.05) is 63.4 Å². The predicted molar refractivity (Wildman–Crippen MR) is 70.5 cm³/mol. The number of rotatable bonds is 9. The molecule has 0 aliphatic rings. The van der Waals surface area contributed by atoms with Crippen LogP contribution in [0.5, 0.6) is 0 Å². The molecule has 2 heteroatoms. The van der Waals surface area contributed by atoms with Crippen LogP contribution in [-0.2, 0) is 16.4 Å². The zero-order chi connectivity index (χ0) is 12.3. The molecule has 0 aromatic heterocycles. The summed E-state index contributed by atoms with van der Waals surface area (Å²) in [6.07, 6.45) is 4.93. The number of hydrogen-bond donors (Lipinski definition) is 0. The van der Waals surface area contributed by atoms with Gasteiger partial charge in [-0.25, -0.2) is 9.78 Å². The third-order valence-electron chi connectivity index (χ3n) is 3.00. The van der Waals surface area contributed by atoms with E-state index in [1.54, 1.807) is 0 Å². The Morgan fingerprint density at radius 3 is 2.47 bits per heavy atom. The molecule has 0 radical (unpaired) electrons. The van der Waals surface area contributed by atoms with Crippen LogP contribution in [0.2, 0.25) is 0 Å². The molecular formula is C15H24O2. The summed E-state index contributed by atoms with van der Waals surface area (Å²) in [6.45, 7) is 5.68.